The monoisotopic (exact) mass is 165 g/mol. The molecular formula is C7H16ClNO. The highest BCUT2D eigenvalue weighted by Gasteiger charge is 2.12. The molecule has 0 aromatic carbocycles. The second kappa shape index (κ2) is 5.96. The Morgan fingerprint density at radius 1 is 1.60 bits per heavy atom. The third-order valence-corrected chi connectivity index (χ3v) is 1.91. The van der Waals surface area contributed by atoms with Gasteiger partial charge in [-0.05, 0) is 6.54 Å². The number of alkyl halides is 1. The number of hydrogen-bond donors (Lipinski definition) is 1. The third kappa shape index (κ3) is 3.40. The zero-order valence-corrected chi connectivity index (χ0v) is 7.61. The van der Waals surface area contributed by atoms with Gasteiger partial charge in [0.15, 0.2) is 0 Å². The second-order valence-corrected chi connectivity index (χ2v) is 2.65. The quantitative estimate of drug-likeness (QED) is 0.492. The minimum absolute atomic E-state index is 0.0995. The molecule has 2 atom stereocenters. The van der Waals surface area contributed by atoms with Gasteiger partial charge in [-0.1, -0.05) is 13.8 Å². The van der Waals surface area contributed by atoms with E-state index in [1.165, 1.54) is 0 Å². The van der Waals surface area contributed by atoms with Crippen LogP contribution in [0.15, 0.2) is 0 Å². The van der Waals surface area contributed by atoms with Crippen LogP contribution < -0.4 is 5.32 Å². The smallest absolute Gasteiger partial charge is 0.111 e. The summed E-state index contributed by atoms with van der Waals surface area (Å²) in [7, 11) is 1.69. The van der Waals surface area contributed by atoms with E-state index in [2.05, 4.69) is 12.2 Å². The van der Waals surface area contributed by atoms with Gasteiger partial charge in [0.2, 0.25) is 0 Å². The van der Waals surface area contributed by atoms with E-state index >= 15 is 0 Å². The van der Waals surface area contributed by atoms with E-state index in [4.69, 9.17) is 16.3 Å². The average molecular weight is 166 g/mol. The predicted octanol–water partition coefficient (Wildman–Crippen LogP) is 1.44. The van der Waals surface area contributed by atoms with E-state index in [0.29, 0.717) is 11.8 Å². The van der Waals surface area contributed by atoms with Crippen LogP contribution in [0.3, 0.4) is 0 Å². The van der Waals surface area contributed by atoms with E-state index in [9.17, 15) is 0 Å². The van der Waals surface area contributed by atoms with Crippen LogP contribution >= 0.6 is 11.6 Å². The fraction of sp³-hybridized carbons (Fsp3) is 1.00. The van der Waals surface area contributed by atoms with Gasteiger partial charge < -0.3 is 4.74 Å². The lowest BCUT2D eigenvalue weighted by Gasteiger charge is -2.20. The first-order chi connectivity index (χ1) is 4.76. The molecule has 0 aromatic rings. The number of ether oxygens (including phenoxy) is 1. The molecule has 0 heterocycles. The standard InChI is InChI=1S/C7H16ClNO/c1-4-9-7(10-3)6(2)5-8/h6-7,9H,4-5H2,1-3H3. The molecule has 1 N–H and O–H groups in total. The lowest BCUT2D eigenvalue weighted by Crippen LogP contribution is -2.37. The third-order valence-electron chi connectivity index (χ3n) is 1.42. The highest BCUT2D eigenvalue weighted by Crippen LogP contribution is 2.04. The lowest BCUT2D eigenvalue weighted by molar-refractivity contribution is 0.0401. The van der Waals surface area contributed by atoms with Crippen molar-refractivity contribution in [3.05, 3.63) is 0 Å². The van der Waals surface area contributed by atoms with Gasteiger partial charge in [-0.15, -0.1) is 11.6 Å². The van der Waals surface area contributed by atoms with Crippen LogP contribution in [0.2, 0.25) is 0 Å². The fourth-order valence-electron chi connectivity index (χ4n) is 0.799. The summed E-state index contributed by atoms with van der Waals surface area (Å²) in [6, 6.07) is 0. The Balaban J connectivity index is 3.56. The van der Waals surface area contributed by atoms with Crippen LogP contribution in [-0.2, 0) is 4.74 Å². The van der Waals surface area contributed by atoms with Crippen LogP contribution in [0.5, 0.6) is 0 Å². The Hall–Kier alpha value is 0.210. The van der Waals surface area contributed by atoms with Crippen molar-refractivity contribution < 1.29 is 4.74 Å². The van der Waals surface area contributed by atoms with E-state index < -0.39 is 0 Å². The van der Waals surface area contributed by atoms with E-state index in [0.717, 1.165) is 6.54 Å². The molecule has 62 valence electrons. The molecule has 2 unspecified atom stereocenters. The molecule has 0 rings (SSSR count). The number of rotatable bonds is 5. The molecule has 0 aliphatic heterocycles. The normalized spacial score (nSPS) is 16.8. The first kappa shape index (κ1) is 10.2. The summed E-state index contributed by atoms with van der Waals surface area (Å²) in [5.74, 6) is 0.998. The van der Waals surface area contributed by atoms with Gasteiger partial charge in [-0.2, -0.15) is 0 Å². The fourth-order valence-corrected chi connectivity index (χ4v) is 0.961. The predicted molar refractivity (Wildman–Crippen MR) is 44.4 cm³/mol. The van der Waals surface area contributed by atoms with Crippen LogP contribution in [-0.4, -0.2) is 25.8 Å². The zero-order valence-electron chi connectivity index (χ0n) is 6.86. The maximum atomic E-state index is 5.64. The summed E-state index contributed by atoms with van der Waals surface area (Å²) in [6.45, 7) is 5.02. The maximum Gasteiger partial charge on any atom is 0.111 e. The summed E-state index contributed by atoms with van der Waals surface area (Å²) >= 11 is 5.64. The van der Waals surface area contributed by atoms with E-state index in [-0.39, 0.29) is 6.23 Å². The Labute approximate surface area is 67.9 Å². The van der Waals surface area contributed by atoms with Crippen LogP contribution in [0.25, 0.3) is 0 Å². The zero-order chi connectivity index (χ0) is 7.98. The van der Waals surface area contributed by atoms with Crippen molar-refractivity contribution in [1.29, 1.82) is 0 Å². The summed E-state index contributed by atoms with van der Waals surface area (Å²) in [6.07, 6.45) is 0.0995. The van der Waals surface area contributed by atoms with Crippen molar-refractivity contribution in [3.8, 4) is 0 Å². The highest BCUT2D eigenvalue weighted by atomic mass is 35.5. The van der Waals surface area contributed by atoms with E-state index in [1.807, 2.05) is 6.92 Å². The van der Waals surface area contributed by atoms with Gasteiger partial charge in [0.25, 0.3) is 0 Å². The van der Waals surface area contributed by atoms with Crippen LogP contribution in [0.1, 0.15) is 13.8 Å². The topological polar surface area (TPSA) is 21.3 Å². The maximum absolute atomic E-state index is 5.64. The molecular weight excluding hydrogens is 150 g/mol. The molecule has 3 heteroatoms. The average Bonchev–Trinajstić information content (AvgIpc) is 1.99. The second-order valence-electron chi connectivity index (χ2n) is 2.35. The molecule has 0 aliphatic carbocycles. The van der Waals surface area contributed by atoms with E-state index in [1.54, 1.807) is 7.11 Å². The molecule has 0 fully saturated rings. The molecule has 0 radical (unpaired) electrons. The molecule has 10 heavy (non-hydrogen) atoms. The summed E-state index contributed by atoms with van der Waals surface area (Å²) in [4.78, 5) is 0. The van der Waals surface area contributed by atoms with Crippen molar-refractivity contribution in [2.75, 3.05) is 19.5 Å². The molecule has 0 saturated heterocycles. The molecule has 0 aliphatic rings. The number of nitrogens with one attached hydrogen (secondary N) is 1. The number of hydrogen-bond acceptors (Lipinski definition) is 2. The largest absolute Gasteiger partial charge is 0.366 e. The van der Waals surface area contributed by atoms with Gasteiger partial charge in [0, 0.05) is 18.9 Å². The van der Waals surface area contributed by atoms with Gasteiger partial charge >= 0.3 is 0 Å². The van der Waals surface area contributed by atoms with Crippen LogP contribution in [0.4, 0.5) is 0 Å². The molecule has 0 amide bonds. The molecule has 0 spiro atoms. The van der Waals surface area contributed by atoms with Crippen molar-refractivity contribution in [3.63, 3.8) is 0 Å². The van der Waals surface area contributed by atoms with Gasteiger partial charge in [0.1, 0.15) is 6.23 Å². The van der Waals surface area contributed by atoms with Crippen molar-refractivity contribution in [1.82, 2.24) is 5.32 Å². The minimum Gasteiger partial charge on any atom is -0.366 e. The molecule has 0 bridgehead atoms. The molecule has 0 saturated carbocycles. The Bertz CT molecular complexity index is 80.0. The molecule has 0 aromatic heterocycles. The Kier molecular flexibility index (Phi) is 6.08. The minimum atomic E-state index is 0.0995. The van der Waals surface area contributed by atoms with Gasteiger partial charge in [0.05, 0.1) is 0 Å². The number of halogens is 1. The number of methoxy groups -OCH3 is 1. The summed E-state index contributed by atoms with van der Waals surface area (Å²) in [5, 5.41) is 3.18. The van der Waals surface area contributed by atoms with Crippen molar-refractivity contribution in [2.45, 2.75) is 20.1 Å². The first-order valence-corrected chi connectivity index (χ1v) is 4.11. The van der Waals surface area contributed by atoms with Crippen molar-refractivity contribution in [2.24, 2.45) is 5.92 Å². The summed E-state index contributed by atoms with van der Waals surface area (Å²) < 4.78 is 5.15. The van der Waals surface area contributed by atoms with Crippen LogP contribution in [0, 0.1) is 5.92 Å². The molecule has 2 nitrogen and oxygen atoms in total. The lowest BCUT2D eigenvalue weighted by atomic mass is 10.2. The first-order valence-electron chi connectivity index (χ1n) is 3.58. The Morgan fingerprint density at radius 2 is 2.20 bits per heavy atom. The van der Waals surface area contributed by atoms with Crippen molar-refractivity contribution >= 4 is 11.6 Å². The highest BCUT2D eigenvalue weighted by molar-refractivity contribution is 6.18. The van der Waals surface area contributed by atoms with Gasteiger partial charge in [-0.25, -0.2) is 0 Å². The van der Waals surface area contributed by atoms with Gasteiger partial charge in [-0.3, -0.25) is 5.32 Å². The Morgan fingerprint density at radius 3 is 2.50 bits per heavy atom. The SMILES string of the molecule is CCNC(OC)C(C)CCl. The summed E-state index contributed by atoms with van der Waals surface area (Å²) in [5.41, 5.74) is 0.